The molecule has 9 heteroatoms. The first-order valence-electron chi connectivity index (χ1n) is 7.13. The second-order valence-corrected chi connectivity index (χ2v) is 7.58. The third-order valence-corrected chi connectivity index (χ3v) is 5.32. The number of hydrogen-bond donors (Lipinski definition) is 2. The van der Waals surface area contributed by atoms with Crippen LogP contribution in [0.5, 0.6) is 0 Å². The number of hydrogen-bond acceptors (Lipinski definition) is 4. The minimum Gasteiger partial charge on any atom is -0.272 e. The van der Waals surface area contributed by atoms with Crippen molar-refractivity contribution in [3.05, 3.63) is 64.1 Å². The maximum Gasteiger partial charge on any atom is 0.255 e. The van der Waals surface area contributed by atoms with Crippen LogP contribution < -0.4 is 10.1 Å². The number of hydrazone groups is 1. The molecule has 0 aliphatic heterocycles. The quantitative estimate of drug-likeness (QED) is 0.578. The SMILES string of the molecule is C/C(=N/NC(=O)CNS(=O)(=O)c1ccccc1)c1ccc(Cl)c(Cl)c1. The van der Waals surface area contributed by atoms with E-state index < -0.39 is 22.5 Å². The summed E-state index contributed by atoms with van der Waals surface area (Å²) >= 11 is 11.8. The van der Waals surface area contributed by atoms with E-state index in [0.717, 1.165) is 0 Å². The van der Waals surface area contributed by atoms with Gasteiger partial charge in [0.15, 0.2) is 0 Å². The van der Waals surface area contributed by atoms with Crippen LogP contribution in [0.4, 0.5) is 0 Å². The van der Waals surface area contributed by atoms with E-state index in [-0.39, 0.29) is 4.90 Å². The van der Waals surface area contributed by atoms with E-state index in [2.05, 4.69) is 15.2 Å². The van der Waals surface area contributed by atoms with Crippen LogP contribution in [0.15, 0.2) is 58.5 Å². The molecule has 25 heavy (non-hydrogen) atoms. The van der Waals surface area contributed by atoms with Crippen LogP contribution in [0.3, 0.4) is 0 Å². The summed E-state index contributed by atoms with van der Waals surface area (Å²) < 4.78 is 26.2. The van der Waals surface area contributed by atoms with Crippen molar-refractivity contribution in [2.45, 2.75) is 11.8 Å². The number of sulfonamides is 1. The van der Waals surface area contributed by atoms with Gasteiger partial charge < -0.3 is 0 Å². The van der Waals surface area contributed by atoms with Crippen molar-refractivity contribution < 1.29 is 13.2 Å². The van der Waals surface area contributed by atoms with E-state index in [0.29, 0.717) is 21.3 Å². The topological polar surface area (TPSA) is 87.6 Å². The second kappa shape index (κ2) is 8.44. The molecule has 0 saturated heterocycles. The Bertz CT molecular complexity index is 900. The van der Waals surface area contributed by atoms with Gasteiger partial charge >= 0.3 is 0 Å². The van der Waals surface area contributed by atoms with Crippen molar-refractivity contribution in [3.63, 3.8) is 0 Å². The molecule has 2 rings (SSSR count). The largest absolute Gasteiger partial charge is 0.272 e. The Labute approximate surface area is 155 Å². The monoisotopic (exact) mass is 399 g/mol. The lowest BCUT2D eigenvalue weighted by molar-refractivity contribution is -0.119. The Morgan fingerprint density at radius 2 is 1.76 bits per heavy atom. The summed E-state index contributed by atoms with van der Waals surface area (Å²) in [4.78, 5) is 11.9. The van der Waals surface area contributed by atoms with Crippen LogP contribution >= 0.6 is 23.2 Å². The number of carbonyl (C=O) groups excluding carboxylic acids is 1. The van der Waals surface area contributed by atoms with Gasteiger partial charge in [-0.3, -0.25) is 4.79 Å². The number of nitrogens with one attached hydrogen (secondary N) is 2. The molecule has 0 radical (unpaired) electrons. The number of halogens is 2. The fourth-order valence-electron chi connectivity index (χ4n) is 1.81. The zero-order valence-corrected chi connectivity index (χ0v) is 15.5. The Kier molecular flexibility index (Phi) is 6.55. The first-order valence-corrected chi connectivity index (χ1v) is 9.37. The number of carbonyl (C=O) groups is 1. The van der Waals surface area contributed by atoms with E-state index in [4.69, 9.17) is 23.2 Å². The normalized spacial score (nSPS) is 12.0. The maximum absolute atomic E-state index is 12.0. The van der Waals surface area contributed by atoms with Gasteiger partial charge in [-0.25, -0.2) is 18.6 Å². The zero-order chi connectivity index (χ0) is 18.4. The molecule has 0 aromatic heterocycles. The molecule has 0 heterocycles. The molecule has 0 atom stereocenters. The molecule has 0 spiro atoms. The average Bonchev–Trinajstić information content (AvgIpc) is 2.61. The van der Waals surface area contributed by atoms with Gasteiger partial charge in [-0.15, -0.1) is 0 Å². The van der Waals surface area contributed by atoms with Crippen LogP contribution in [0.2, 0.25) is 10.0 Å². The summed E-state index contributed by atoms with van der Waals surface area (Å²) in [5.74, 6) is -0.598. The van der Waals surface area contributed by atoms with Gasteiger partial charge in [-0.2, -0.15) is 5.10 Å². The smallest absolute Gasteiger partial charge is 0.255 e. The van der Waals surface area contributed by atoms with Gasteiger partial charge in [0.25, 0.3) is 5.91 Å². The Balaban J connectivity index is 1.95. The molecule has 2 aromatic rings. The Morgan fingerprint density at radius 1 is 1.08 bits per heavy atom. The molecule has 0 saturated carbocycles. The molecule has 0 unspecified atom stereocenters. The minimum atomic E-state index is -3.75. The standard InChI is InChI=1S/C16H15Cl2N3O3S/c1-11(12-7-8-14(17)15(18)9-12)20-21-16(22)10-19-25(23,24)13-5-3-2-4-6-13/h2-9,19H,10H2,1H3,(H,21,22)/b20-11-. The van der Waals surface area contributed by atoms with Crippen LogP contribution in [0.1, 0.15) is 12.5 Å². The first-order chi connectivity index (χ1) is 11.8. The molecule has 132 valence electrons. The molecule has 0 fully saturated rings. The zero-order valence-electron chi connectivity index (χ0n) is 13.2. The maximum atomic E-state index is 12.0. The van der Waals surface area contributed by atoms with Crippen molar-refractivity contribution >= 4 is 44.8 Å². The second-order valence-electron chi connectivity index (χ2n) is 5.00. The van der Waals surface area contributed by atoms with E-state index >= 15 is 0 Å². The van der Waals surface area contributed by atoms with Gasteiger partial charge in [0.05, 0.1) is 27.2 Å². The fourth-order valence-corrected chi connectivity index (χ4v) is 3.12. The number of amides is 1. The first kappa shape index (κ1) is 19.4. The van der Waals surface area contributed by atoms with Crippen molar-refractivity contribution in [1.82, 2.24) is 10.1 Å². The lowest BCUT2D eigenvalue weighted by atomic mass is 10.1. The third kappa shape index (κ3) is 5.54. The lowest BCUT2D eigenvalue weighted by Crippen LogP contribution is -2.35. The number of nitrogens with zero attached hydrogens (tertiary/aromatic N) is 1. The molecule has 0 aliphatic carbocycles. The molecule has 0 bridgehead atoms. The average molecular weight is 400 g/mol. The number of benzene rings is 2. The highest BCUT2D eigenvalue weighted by atomic mass is 35.5. The minimum absolute atomic E-state index is 0.0817. The van der Waals surface area contributed by atoms with E-state index in [1.165, 1.54) is 12.1 Å². The molecule has 0 aliphatic rings. The Morgan fingerprint density at radius 3 is 2.40 bits per heavy atom. The van der Waals surface area contributed by atoms with Gasteiger partial charge in [0.2, 0.25) is 10.0 Å². The van der Waals surface area contributed by atoms with Crippen LogP contribution in [-0.4, -0.2) is 26.6 Å². The molecule has 6 nitrogen and oxygen atoms in total. The van der Waals surface area contributed by atoms with Gasteiger partial charge in [0.1, 0.15) is 0 Å². The van der Waals surface area contributed by atoms with Crippen molar-refractivity contribution in [2.24, 2.45) is 5.10 Å². The van der Waals surface area contributed by atoms with Gasteiger partial charge in [0, 0.05) is 0 Å². The van der Waals surface area contributed by atoms with E-state index in [1.54, 1.807) is 43.3 Å². The molecule has 2 aromatic carbocycles. The van der Waals surface area contributed by atoms with E-state index in [9.17, 15) is 13.2 Å². The Hall–Kier alpha value is -1.93. The summed E-state index contributed by atoms with van der Waals surface area (Å²) in [5, 5.41) is 4.70. The summed E-state index contributed by atoms with van der Waals surface area (Å²) in [6, 6.07) is 12.7. The number of rotatable bonds is 6. The highest BCUT2D eigenvalue weighted by molar-refractivity contribution is 7.89. The highest BCUT2D eigenvalue weighted by Crippen LogP contribution is 2.22. The highest BCUT2D eigenvalue weighted by Gasteiger charge is 2.14. The van der Waals surface area contributed by atoms with Crippen molar-refractivity contribution in [2.75, 3.05) is 6.54 Å². The van der Waals surface area contributed by atoms with Crippen molar-refractivity contribution in [1.29, 1.82) is 0 Å². The van der Waals surface area contributed by atoms with Crippen LogP contribution in [0.25, 0.3) is 0 Å². The summed E-state index contributed by atoms with van der Waals surface area (Å²) in [6.45, 7) is 1.24. The lowest BCUT2D eigenvalue weighted by Gasteiger charge is -2.07. The van der Waals surface area contributed by atoms with Crippen LogP contribution in [0, 0.1) is 0 Å². The summed E-state index contributed by atoms with van der Waals surface area (Å²) in [6.07, 6.45) is 0. The predicted molar refractivity (Wildman–Crippen MR) is 98.4 cm³/mol. The van der Waals surface area contributed by atoms with E-state index in [1.807, 2.05) is 0 Å². The summed E-state index contributed by atoms with van der Waals surface area (Å²) in [5.41, 5.74) is 3.46. The fraction of sp³-hybridized carbons (Fsp3) is 0.125. The molecule has 1 amide bonds. The van der Waals surface area contributed by atoms with Gasteiger partial charge in [-0.05, 0) is 36.8 Å². The molecule has 2 N–H and O–H groups in total. The van der Waals surface area contributed by atoms with Crippen LogP contribution in [-0.2, 0) is 14.8 Å². The predicted octanol–water partition coefficient (Wildman–Crippen LogP) is 2.81. The third-order valence-electron chi connectivity index (χ3n) is 3.16. The molecular formula is C16H15Cl2N3O3S. The van der Waals surface area contributed by atoms with Gasteiger partial charge in [-0.1, -0.05) is 47.5 Å². The molecular weight excluding hydrogens is 385 g/mol. The van der Waals surface area contributed by atoms with Crippen molar-refractivity contribution in [3.8, 4) is 0 Å². The summed E-state index contributed by atoms with van der Waals surface area (Å²) in [7, 11) is -3.75.